The zero-order valence-corrected chi connectivity index (χ0v) is 16.1. The van der Waals surface area contributed by atoms with Crippen molar-refractivity contribution in [3.63, 3.8) is 0 Å². The summed E-state index contributed by atoms with van der Waals surface area (Å²) < 4.78 is 1.06. The van der Waals surface area contributed by atoms with Gasteiger partial charge >= 0.3 is 0 Å². The predicted octanol–water partition coefficient (Wildman–Crippen LogP) is 3.92. The maximum Gasteiger partial charge on any atom is 0.223 e. The molecule has 1 aliphatic carbocycles. The van der Waals surface area contributed by atoms with Gasteiger partial charge in [0.05, 0.1) is 10.2 Å². The Kier molecular flexibility index (Phi) is 9.28. The van der Waals surface area contributed by atoms with Crippen LogP contribution in [0.5, 0.6) is 0 Å². The summed E-state index contributed by atoms with van der Waals surface area (Å²) in [6, 6.07) is 7.71. The maximum atomic E-state index is 11.7. The number of hydrogen-bond acceptors (Lipinski definition) is 5. The number of aldehydes is 1. The zero-order valence-electron chi connectivity index (χ0n) is 15.3. The number of para-hydroxylation sites is 1. The van der Waals surface area contributed by atoms with Gasteiger partial charge in [0.15, 0.2) is 11.3 Å². The standard InChI is InChI=1S/C12H24N2O.C8H5NOS/c13-9-5-2-6-10-14-12(15)11-7-3-1-4-8-11;10-5-8-9-6-3-1-2-4-7(6)11-8/h11H,1-10,13H2,(H,14,15);1-5H. The average Bonchev–Trinajstić information content (AvgIpc) is 3.12. The number of benzene rings is 1. The van der Waals surface area contributed by atoms with E-state index in [1.54, 1.807) is 0 Å². The Labute approximate surface area is 159 Å². The zero-order chi connectivity index (χ0) is 18.6. The second kappa shape index (κ2) is 11.8. The molecule has 142 valence electrons. The third-order valence-electron chi connectivity index (χ3n) is 4.57. The van der Waals surface area contributed by atoms with Crippen LogP contribution in [0.25, 0.3) is 10.2 Å². The van der Waals surface area contributed by atoms with Gasteiger partial charge in [-0.1, -0.05) is 37.8 Å². The fourth-order valence-corrected chi connectivity index (χ4v) is 3.89. The van der Waals surface area contributed by atoms with E-state index in [0.29, 0.717) is 10.9 Å². The van der Waals surface area contributed by atoms with Crippen LogP contribution < -0.4 is 11.1 Å². The van der Waals surface area contributed by atoms with Gasteiger partial charge in [0.1, 0.15) is 0 Å². The number of thiazole rings is 1. The minimum Gasteiger partial charge on any atom is -0.356 e. The molecular formula is C20H29N3O2S. The van der Waals surface area contributed by atoms with E-state index in [4.69, 9.17) is 5.73 Å². The van der Waals surface area contributed by atoms with E-state index in [1.807, 2.05) is 24.3 Å². The van der Waals surface area contributed by atoms with Crippen LogP contribution in [0.3, 0.4) is 0 Å². The Balaban J connectivity index is 0.000000195. The van der Waals surface area contributed by atoms with Crippen molar-refractivity contribution in [3.8, 4) is 0 Å². The molecule has 0 saturated heterocycles. The Morgan fingerprint density at radius 2 is 1.96 bits per heavy atom. The van der Waals surface area contributed by atoms with E-state index in [2.05, 4.69) is 10.3 Å². The molecule has 3 rings (SSSR count). The van der Waals surface area contributed by atoms with Gasteiger partial charge in [0.2, 0.25) is 5.91 Å². The van der Waals surface area contributed by atoms with Crippen molar-refractivity contribution in [2.45, 2.75) is 51.4 Å². The van der Waals surface area contributed by atoms with Crippen molar-refractivity contribution in [1.82, 2.24) is 10.3 Å². The smallest absolute Gasteiger partial charge is 0.223 e. The van der Waals surface area contributed by atoms with Crippen LogP contribution in [-0.2, 0) is 4.79 Å². The normalized spacial score (nSPS) is 14.5. The molecule has 1 heterocycles. The topological polar surface area (TPSA) is 85.1 Å². The molecule has 0 spiro atoms. The lowest BCUT2D eigenvalue weighted by molar-refractivity contribution is -0.125. The molecule has 2 aromatic rings. The number of nitrogens with zero attached hydrogens (tertiary/aromatic N) is 1. The predicted molar refractivity (Wildman–Crippen MR) is 107 cm³/mol. The molecule has 3 N–H and O–H groups in total. The number of carbonyl (C=O) groups is 2. The minimum absolute atomic E-state index is 0.280. The van der Waals surface area contributed by atoms with Crippen molar-refractivity contribution in [1.29, 1.82) is 0 Å². The number of amides is 1. The molecule has 1 aliphatic rings. The molecule has 5 nitrogen and oxygen atoms in total. The van der Waals surface area contributed by atoms with E-state index < -0.39 is 0 Å². The summed E-state index contributed by atoms with van der Waals surface area (Å²) in [5, 5.41) is 3.58. The molecule has 6 heteroatoms. The van der Waals surface area contributed by atoms with Crippen molar-refractivity contribution in [2.24, 2.45) is 11.7 Å². The summed E-state index contributed by atoms with van der Waals surface area (Å²) in [5.41, 5.74) is 6.30. The molecule has 1 fully saturated rings. The SMILES string of the molecule is NCCCCCNC(=O)C1CCCCC1.O=Cc1nc2ccccc2s1. The molecule has 1 saturated carbocycles. The van der Waals surface area contributed by atoms with Crippen LogP contribution >= 0.6 is 11.3 Å². The van der Waals surface area contributed by atoms with Crippen LogP contribution in [0.15, 0.2) is 24.3 Å². The number of aromatic nitrogens is 1. The quantitative estimate of drug-likeness (QED) is 0.567. The molecular weight excluding hydrogens is 346 g/mol. The Hall–Kier alpha value is -1.79. The van der Waals surface area contributed by atoms with Crippen molar-refractivity contribution in [2.75, 3.05) is 13.1 Å². The van der Waals surface area contributed by atoms with E-state index in [0.717, 1.165) is 61.7 Å². The third kappa shape index (κ3) is 6.84. The number of nitrogens with one attached hydrogen (secondary N) is 1. The highest BCUT2D eigenvalue weighted by Gasteiger charge is 2.20. The molecule has 0 unspecified atom stereocenters. The molecule has 0 atom stereocenters. The second-order valence-electron chi connectivity index (χ2n) is 6.61. The molecule has 0 aliphatic heterocycles. The monoisotopic (exact) mass is 375 g/mol. The number of carbonyl (C=O) groups excluding carboxylic acids is 2. The maximum absolute atomic E-state index is 11.7. The third-order valence-corrected chi connectivity index (χ3v) is 5.53. The molecule has 0 radical (unpaired) electrons. The Morgan fingerprint density at radius 1 is 1.19 bits per heavy atom. The first-order valence-corrected chi connectivity index (χ1v) is 10.3. The van der Waals surface area contributed by atoms with Gasteiger partial charge < -0.3 is 11.1 Å². The largest absolute Gasteiger partial charge is 0.356 e. The fraction of sp³-hybridized carbons (Fsp3) is 0.550. The lowest BCUT2D eigenvalue weighted by Crippen LogP contribution is -2.32. The molecule has 1 amide bonds. The molecule has 1 aromatic carbocycles. The van der Waals surface area contributed by atoms with E-state index in [-0.39, 0.29) is 5.91 Å². The lowest BCUT2D eigenvalue weighted by Gasteiger charge is -2.20. The first-order chi connectivity index (χ1) is 12.7. The van der Waals surface area contributed by atoms with Gasteiger partial charge in [0.25, 0.3) is 0 Å². The minimum atomic E-state index is 0.280. The number of unbranched alkanes of at least 4 members (excludes halogenated alkanes) is 2. The number of nitrogens with two attached hydrogens (primary N) is 1. The second-order valence-corrected chi connectivity index (χ2v) is 7.68. The van der Waals surface area contributed by atoms with Gasteiger partial charge in [0, 0.05) is 12.5 Å². The summed E-state index contributed by atoms with van der Waals surface area (Å²) in [5.74, 6) is 0.579. The van der Waals surface area contributed by atoms with Crippen LogP contribution in [-0.4, -0.2) is 30.3 Å². The van der Waals surface area contributed by atoms with Gasteiger partial charge in [-0.15, -0.1) is 11.3 Å². The summed E-state index contributed by atoms with van der Waals surface area (Å²) in [6.45, 7) is 1.59. The first-order valence-electron chi connectivity index (χ1n) is 9.53. The van der Waals surface area contributed by atoms with Crippen LogP contribution in [0.2, 0.25) is 0 Å². The molecule has 1 aromatic heterocycles. The molecule has 26 heavy (non-hydrogen) atoms. The first kappa shape index (κ1) is 20.5. The van der Waals surface area contributed by atoms with Gasteiger partial charge in [-0.2, -0.15) is 0 Å². The van der Waals surface area contributed by atoms with Crippen molar-refractivity contribution < 1.29 is 9.59 Å². The number of rotatable bonds is 7. The van der Waals surface area contributed by atoms with E-state index >= 15 is 0 Å². The van der Waals surface area contributed by atoms with Crippen molar-refractivity contribution >= 4 is 33.7 Å². The Bertz CT molecular complexity index is 648. The van der Waals surface area contributed by atoms with Crippen molar-refractivity contribution in [3.05, 3.63) is 29.3 Å². The van der Waals surface area contributed by atoms with Gasteiger partial charge in [-0.25, -0.2) is 4.98 Å². The lowest BCUT2D eigenvalue weighted by atomic mass is 9.89. The van der Waals surface area contributed by atoms with Crippen LogP contribution in [0.4, 0.5) is 0 Å². The highest BCUT2D eigenvalue weighted by atomic mass is 32.1. The average molecular weight is 376 g/mol. The molecule has 0 bridgehead atoms. The summed E-state index contributed by atoms with van der Waals surface area (Å²) in [6.07, 6.45) is 9.99. The summed E-state index contributed by atoms with van der Waals surface area (Å²) in [7, 11) is 0. The summed E-state index contributed by atoms with van der Waals surface area (Å²) >= 11 is 1.42. The Morgan fingerprint density at radius 3 is 2.65 bits per heavy atom. The summed E-state index contributed by atoms with van der Waals surface area (Å²) in [4.78, 5) is 26.1. The van der Waals surface area contributed by atoms with Crippen LogP contribution in [0.1, 0.15) is 61.2 Å². The van der Waals surface area contributed by atoms with Crippen LogP contribution in [0, 0.1) is 5.92 Å². The number of fused-ring (bicyclic) bond motifs is 1. The highest BCUT2D eigenvalue weighted by molar-refractivity contribution is 7.19. The van der Waals surface area contributed by atoms with E-state index in [1.165, 1.54) is 30.6 Å². The van der Waals surface area contributed by atoms with Gasteiger partial charge in [-0.3, -0.25) is 9.59 Å². The van der Waals surface area contributed by atoms with E-state index in [9.17, 15) is 9.59 Å². The van der Waals surface area contributed by atoms with Gasteiger partial charge in [-0.05, 0) is 44.4 Å². The highest BCUT2D eigenvalue weighted by Crippen LogP contribution is 2.23. The fourth-order valence-electron chi connectivity index (χ4n) is 3.11. The number of hydrogen-bond donors (Lipinski definition) is 2.